The predicted molar refractivity (Wildman–Crippen MR) is 84.5 cm³/mol. The van der Waals surface area contributed by atoms with Crippen molar-refractivity contribution in [3.8, 4) is 0 Å². The van der Waals surface area contributed by atoms with Crippen LogP contribution in [0, 0.1) is 0 Å². The highest BCUT2D eigenvalue weighted by atomic mass is 32.2. The van der Waals surface area contributed by atoms with E-state index in [4.69, 9.17) is 4.74 Å². The van der Waals surface area contributed by atoms with Crippen LogP contribution < -0.4 is 0 Å². The summed E-state index contributed by atoms with van der Waals surface area (Å²) in [4.78, 5) is 15.3. The molecule has 0 N–H and O–H groups in total. The van der Waals surface area contributed by atoms with E-state index in [1.807, 2.05) is 0 Å². The number of nitrogens with zero attached hydrogens (tertiary/aromatic N) is 3. The van der Waals surface area contributed by atoms with E-state index in [0.29, 0.717) is 4.57 Å². The Labute approximate surface area is 143 Å². The molecule has 0 aliphatic heterocycles. The van der Waals surface area contributed by atoms with Crippen molar-refractivity contribution in [3.05, 3.63) is 48.0 Å². The van der Waals surface area contributed by atoms with Crippen LogP contribution in [0.2, 0.25) is 0 Å². The molecule has 0 atom stereocenters. The van der Waals surface area contributed by atoms with E-state index in [0.717, 1.165) is 10.5 Å². The number of ether oxygens (including phenoxy) is 1. The molecule has 0 radical (unpaired) electrons. The molecule has 2 aromatic rings. The Morgan fingerprint density at radius 2 is 1.96 bits per heavy atom. The van der Waals surface area contributed by atoms with Gasteiger partial charge in [0.1, 0.15) is 5.82 Å². The van der Waals surface area contributed by atoms with Gasteiger partial charge in [0, 0.05) is 19.4 Å². The van der Waals surface area contributed by atoms with E-state index in [1.165, 1.54) is 37.5 Å². The van der Waals surface area contributed by atoms with Crippen LogP contribution in [0.3, 0.4) is 0 Å². The maximum absolute atomic E-state index is 12.8. The van der Waals surface area contributed by atoms with Crippen molar-refractivity contribution in [2.45, 2.75) is 24.9 Å². The Hall–Kier alpha value is -2.33. The third-order valence-corrected chi connectivity index (χ3v) is 5.21. The number of imidazole rings is 1. The normalized spacial score (nSPS) is 11.9. The molecule has 0 saturated carbocycles. The van der Waals surface area contributed by atoms with Gasteiger partial charge in [0.2, 0.25) is 10.0 Å². The molecule has 1 aromatic heterocycles. The number of halogens is 2. The molecular formula is C15H17F2N3O4S. The van der Waals surface area contributed by atoms with Crippen LogP contribution in [0.25, 0.3) is 0 Å². The first-order chi connectivity index (χ1) is 11.8. The lowest BCUT2D eigenvalue weighted by Gasteiger charge is -2.17. The van der Waals surface area contributed by atoms with Crippen LogP contribution in [0.5, 0.6) is 0 Å². The number of hydrogen-bond donors (Lipinski definition) is 0. The van der Waals surface area contributed by atoms with Gasteiger partial charge >= 0.3 is 12.5 Å². The van der Waals surface area contributed by atoms with Crippen LogP contribution in [0.15, 0.2) is 41.6 Å². The second-order valence-corrected chi connectivity index (χ2v) is 7.08. The lowest BCUT2D eigenvalue weighted by atomic mass is 10.2. The quantitative estimate of drug-likeness (QED) is 0.696. The van der Waals surface area contributed by atoms with Gasteiger partial charge in [-0.3, -0.25) is 4.57 Å². The van der Waals surface area contributed by atoms with Crippen LogP contribution in [-0.4, -0.2) is 41.9 Å². The molecule has 0 unspecified atom stereocenters. The van der Waals surface area contributed by atoms with Gasteiger partial charge in [-0.05, 0) is 31.2 Å². The monoisotopic (exact) mass is 373 g/mol. The average molecular weight is 373 g/mol. The zero-order valence-corrected chi connectivity index (χ0v) is 14.4. The van der Waals surface area contributed by atoms with E-state index in [9.17, 15) is 22.0 Å². The van der Waals surface area contributed by atoms with Crippen LogP contribution in [0.4, 0.5) is 8.78 Å². The van der Waals surface area contributed by atoms with Gasteiger partial charge in [-0.2, -0.15) is 13.1 Å². The molecule has 1 aromatic carbocycles. The van der Waals surface area contributed by atoms with Crippen molar-refractivity contribution in [2.75, 3.05) is 13.7 Å². The lowest BCUT2D eigenvalue weighted by molar-refractivity contribution is 0.0526. The first-order valence-electron chi connectivity index (χ1n) is 7.30. The van der Waals surface area contributed by atoms with Crippen molar-refractivity contribution in [1.29, 1.82) is 0 Å². The van der Waals surface area contributed by atoms with Gasteiger partial charge < -0.3 is 4.74 Å². The van der Waals surface area contributed by atoms with Crippen molar-refractivity contribution in [2.24, 2.45) is 0 Å². The fourth-order valence-corrected chi connectivity index (χ4v) is 3.21. The summed E-state index contributed by atoms with van der Waals surface area (Å²) < 4.78 is 57.0. The van der Waals surface area contributed by atoms with E-state index in [-0.39, 0.29) is 29.4 Å². The molecule has 0 spiro atoms. The maximum atomic E-state index is 12.8. The zero-order valence-electron chi connectivity index (χ0n) is 13.6. The summed E-state index contributed by atoms with van der Waals surface area (Å²) in [5.41, 5.74) is 0.219. The second kappa shape index (κ2) is 7.70. The third kappa shape index (κ3) is 4.20. The van der Waals surface area contributed by atoms with E-state index in [2.05, 4.69) is 4.98 Å². The van der Waals surface area contributed by atoms with Crippen LogP contribution in [-0.2, 0) is 21.3 Å². The summed E-state index contributed by atoms with van der Waals surface area (Å²) in [6.45, 7) is -1.26. The number of esters is 1. The number of benzene rings is 1. The van der Waals surface area contributed by atoms with Gasteiger partial charge in [0.15, 0.2) is 0 Å². The standard InChI is InChI=1S/C15H17F2N3O4S/c1-3-24-14(21)11-4-6-12(7-5-11)25(22,23)19(2)10-13-18-8-9-20(13)15(16)17/h4-9,15H,3,10H2,1-2H3. The molecular weight excluding hydrogens is 356 g/mol. The van der Waals surface area contributed by atoms with Gasteiger partial charge in [-0.15, -0.1) is 0 Å². The topological polar surface area (TPSA) is 81.5 Å². The Morgan fingerprint density at radius 3 is 2.52 bits per heavy atom. The molecule has 1 heterocycles. The first kappa shape index (κ1) is 19.0. The fraction of sp³-hybridized carbons (Fsp3) is 0.333. The van der Waals surface area contributed by atoms with Crippen LogP contribution in [0.1, 0.15) is 29.7 Å². The molecule has 2 rings (SSSR count). The van der Waals surface area contributed by atoms with E-state index < -0.39 is 22.5 Å². The number of sulfonamides is 1. The molecule has 0 aliphatic rings. The van der Waals surface area contributed by atoms with Crippen LogP contribution >= 0.6 is 0 Å². The second-order valence-electron chi connectivity index (χ2n) is 5.03. The Morgan fingerprint density at radius 1 is 1.32 bits per heavy atom. The molecule has 10 heteroatoms. The Balaban J connectivity index is 2.19. The summed E-state index contributed by atoms with van der Waals surface area (Å²) in [6, 6.07) is 5.19. The molecule has 0 aliphatic carbocycles. The number of carbonyl (C=O) groups excluding carboxylic acids is 1. The smallest absolute Gasteiger partial charge is 0.338 e. The summed E-state index contributed by atoms with van der Waals surface area (Å²) in [5.74, 6) is -0.636. The molecule has 0 amide bonds. The average Bonchev–Trinajstić information content (AvgIpc) is 3.03. The highest BCUT2D eigenvalue weighted by molar-refractivity contribution is 7.89. The van der Waals surface area contributed by atoms with Gasteiger partial charge in [0.05, 0.1) is 23.6 Å². The highest BCUT2D eigenvalue weighted by Crippen LogP contribution is 2.19. The fourth-order valence-electron chi connectivity index (χ4n) is 2.09. The van der Waals surface area contributed by atoms with Crippen molar-refractivity contribution < 1.29 is 26.7 Å². The summed E-state index contributed by atoms with van der Waals surface area (Å²) in [7, 11) is -2.67. The highest BCUT2D eigenvalue weighted by Gasteiger charge is 2.24. The molecule has 136 valence electrons. The molecule has 25 heavy (non-hydrogen) atoms. The van der Waals surface area contributed by atoms with Gasteiger partial charge in [0.25, 0.3) is 0 Å². The minimum atomic E-state index is -3.93. The molecule has 0 saturated heterocycles. The van der Waals surface area contributed by atoms with Gasteiger partial charge in [-0.1, -0.05) is 0 Å². The number of carbonyl (C=O) groups is 1. The Kier molecular flexibility index (Phi) is 5.85. The minimum Gasteiger partial charge on any atom is -0.462 e. The van der Waals surface area contributed by atoms with Crippen molar-refractivity contribution >= 4 is 16.0 Å². The SMILES string of the molecule is CCOC(=O)c1ccc(S(=O)(=O)N(C)Cc2nccn2C(F)F)cc1. The molecule has 7 nitrogen and oxygen atoms in total. The third-order valence-electron chi connectivity index (χ3n) is 3.40. The molecule has 0 fully saturated rings. The minimum absolute atomic E-state index is 0.0711. The number of alkyl halides is 2. The Bertz CT molecular complexity index is 835. The molecule has 0 bridgehead atoms. The van der Waals surface area contributed by atoms with Crippen molar-refractivity contribution in [3.63, 3.8) is 0 Å². The number of aromatic nitrogens is 2. The van der Waals surface area contributed by atoms with E-state index >= 15 is 0 Å². The van der Waals surface area contributed by atoms with Crippen molar-refractivity contribution in [1.82, 2.24) is 13.9 Å². The zero-order chi connectivity index (χ0) is 18.6. The first-order valence-corrected chi connectivity index (χ1v) is 8.74. The lowest BCUT2D eigenvalue weighted by Crippen LogP contribution is -2.28. The summed E-state index contributed by atoms with van der Waals surface area (Å²) in [6.07, 6.45) is 2.25. The van der Waals surface area contributed by atoms with Gasteiger partial charge in [-0.25, -0.2) is 18.2 Å². The van der Waals surface area contributed by atoms with E-state index in [1.54, 1.807) is 6.92 Å². The predicted octanol–water partition coefficient (Wildman–Crippen LogP) is 2.28. The number of rotatable bonds is 7. The number of hydrogen-bond acceptors (Lipinski definition) is 5. The summed E-state index contributed by atoms with van der Waals surface area (Å²) >= 11 is 0. The largest absolute Gasteiger partial charge is 0.462 e. The maximum Gasteiger partial charge on any atom is 0.338 e. The summed E-state index contributed by atoms with van der Waals surface area (Å²) in [5, 5.41) is 0.